The fourth-order valence-electron chi connectivity index (χ4n) is 0.304. The van der Waals surface area contributed by atoms with Gasteiger partial charge >= 0.3 is 0 Å². The minimum atomic E-state index is 0. The minimum absolute atomic E-state index is 0. The van der Waals surface area contributed by atoms with Crippen LogP contribution in [0.4, 0.5) is 0 Å². The van der Waals surface area contributed by atoms with Gasteiger partial charge in [-0.2, -0.15) is 13.5 Å². The van der Waals surface area contributed by atoms with Gasteiger partial charge in [0.25, 0.3) is 0 Å². The normalized spacial score (nSPS) is 14.7. The molecule has 1 aliphatic heterocycles. The molecular formula is C4H7NS. The Morgan fingerprint density at radius 1 is 1.50 bits per heavy atom. The van der Waals surface area contributed by atoms with Crippen LogP contribution in [0.3, 0.4) is 0 Å². The van der Waals surface area contributed by atoms with Crippen molar-refractivity contribution in [2.24, 2.45) is 4.99 Å². The first kappa shape index (κ1) is 5.76. The Labute approximate surface area is 44.2 Å². The van der Waals surface area contributed by atoms with Crippen LogP contribution in [0.15, 0.2) is 17.3 Å². The summed E-state index contributed by atoms with van der Waals surface area (Å²) in [5, 5.41) is 0. The van der Waals surface area contributed by atoms with Gasteiger partial charge in [-0.15, -0.1) is 0 Å². The van der Waals surface area contributed by atoms with Gasteiger partial charge in [-0.25, -0.2) is 0 Å². The van der Waals surface area contributed by atoms with Gasteiger partial charge in [-0.1, -0.05) is 6.08 Å². The lowest BCUT2D eigenvalue weighted by molar-refractivity contribution is 1.60. The Morgan fingerprint density at radius 2 is 2.33 bits per heavy atom. The molecule has 0 atom stereocenters. The van der Waals surface area contributed by atoms with Crippen LogP contribution in [0.2, 0.25) is 0 Å². The van der Waals surface area contributed by atoms with E-state index in [1.165, 1.54) is 0 Å². The van der Waals surface area contributed by atoms with E-state index in [9.17, 15) is 0 Å². The van der Waals surface area contributed by atoms with E-state index in [-0.39, 0.29) is 13.5 Å². The van der Waals surface area contributed by atoms with Crippen LogP contribution in [0.25, 0.3) is 0 Å². The fourth-order valence-corrected chi connectivity index (χ4v) is 0.304. The Bertz CT molecular complexity index is 65.6. The maximum Gasteiger partial charge on any atom is 0.0227 e. The number of rotatable bonds is 0. The van der Waals surface area contributed by atoms with Gasteiger partial charge in [0.1, 0.15) is 0 Å². The van der Waals surface area contributed by atoms with E-state index < -0.39 is 0 Å². The number of nitrogens with zero attached hydrogens (tertiary/aromatic N) is 1. The number of aliphatic imine (C=N–C) groups is 1. The summed E-state index contributed by atoms with van der Waals surface area (Å²) in [7, 11) is 0. The second-order valence-corrected chi connectivity index (χ2v) is 0.952. The minimum Gasteiger partial charge on any atom is -0.269 e. The van der Waals surface area contributed by atoms with Crippen molar-refractivity contribution in [1.29, 1.82) is 0 Å². The molecule has 0 saturated carbocycles. The van der Waals surface area contributed by atoms with Crippen molar-refractivity contribution in [3.63, 3.8) is 0 Å². The van der Waals surface area contributed by atoms with Crippen molar-refractivity contribution in [3.8, 4) is 0 Å². The number of hydrogen-bond acceptors (Lipinski definition) is 1. The van der Waals surface area contributed by atoms with Crippen LogP contribution in [-0.2, 0) is 0 Å². The molecule has 0 aromatic heterocycles. The molecule has 0 bridgehead atoms. The summed E-state index contributed by atoms with van der Waals surface area (Å²) < 4.78 is 0. The lowest BCUT2D eigenvalue weighted by Gasteiger charge is -1.54. The molecule has 0 fully saturated rings. The monoisotopic (exact) mass is 101 g/mol. The third kappa shape index (κ3) is 1.26. The van der Waals surface area contributed by atoms with Crippen molar-refractivity contribution < 1.29 is 0 Å². The smallest absolute Gasteiger partial charge is 0.0227 e. The van der Waals surface area contributed by atoms with E-state index in [2.05, 4.69) is 4.99 Å². The molecule has 1 aliphatic rings. The zero-order chi connectivity index (χ0) is 3.54. The highest BCUT2D eigenvalue weighted by Gasteiger charge is 1.73. The molecule has 0 saturated heterocycles. The molecule has 0 amide bonds. The second-order valence-electron chi connectivity index (χ2n) is 0.952. The Morgan fingerprint density at radius 3 is 2.50 bits per heavy atom. The molecule has 1 nitrogen and oxygen atoms in total. The van der Waals surface area contributed by atoms with E-state index in [0.29, 0.717) is 0 Å². The first-order valence-corrected chi connectivity index (χ1v) is 1.67. The van der Waals surface area contributed by atoms with E-state index in [1.54, 1.807) is 6.20 Å². The van der Waals surface area contributed by atoms with Crippen LogP contribution in [0.5, 0.6) is 0 Å². The number of hydrogen-bond donors (Lipinski definition) is 0. The number of allylic oxidation sites excluding steroid dienone is 1. The molecule has 2 heteroatoms. The average Bonchev–Trinajstić information content (AvgIpc) is 1.76. The quantitative estimate of drug-likeness (QED) is 0.433. The highest BCUT2D eigenvalue weighted by Crippen LogP contribution is 1.86. The summed E-state index contributed by atoms with van der Waals surface area (Å²) in [6.45, 7) is 0. The molecule has 0 aromatic rings. The molecule has 1 heterocycles. The lowest BCUT2D eigenvalue weighted by Crippen LogP contribution is -1.51. The standard InChI is InChI=1S/C4H5N.H2S/c1-2-4-5-3-1;/h1,3-4H,2H2;1H2. The summed E-state index contributed by atoms with van der Waals surface area (Å²) in [6.07, 6.45) is 6.72. The Balaban J connectivity index is 0.000000250. The van der Waals surface area contributed by atoms with Gasteiger partial charge in [0.05, 0.1) is 0 Å². The topological polar surface area (TPSA) is 12.4 Å². The fraction of sp³-hybridized carbons (Fsp3) is 0.250. The van der Waals surface area contributed by atoms with Crippen molar-refractivity contribution in [1.82, 2.24) is 0 Å². The van der Waals surface area contributed by atoms with Gasteiger partial charge in [-0.3, -0.25) is 4.99 Å². The van der Waals surface area contributed by atoms with Gasteiger partial charge in [0, 0.05) is 18.8 Å². The van der Waals surface area contributed by atoms with Crippen LogP contribution < -0.4 is 0 Å². The summed E-state index contributed by atoms with van der Waals surface area (Å²) in [5.74, 6) is 0. The molecule has 0 N–H and O–H groups in total. The predicted octanol–water partition coefficient (Wildman–Crippen LogP) is 1.09. The summed E-state index contributed by atoms with van der Waals surface area (Å²) in [4.78, 5) is 3.78. The first-order chi connectivity index (χ1) is 2.50. The molecule has 6 heavy (non-hydrogen) atoms. The molecule has 34 valence electrons. The van der Waals surface area contributed by atoms with Crippen molar-refractivity contribution in [2.75, 3.05) is 0 Å². The zero-order valence-electron chi connectivity index (χ0n) is 3.39. The van der Waals surface area contributed by atoms with Crippen LogP contribution >= 0.6 is 13.5 Å². The maximum atomic E-state index is 3.78. The van der Waals surface area contributed by atoms with Crippen LogP contribution in [0, 0.1) is 0 Å². The summed E-state index contributed by atoms with van der Waals surface area (Å²) >= 11 is 0. The summed E-state index contributed by atoms with van der Waals surface area (Å²) in [5.41, 5.74) is 0. The Hall–Kier alpha value is -0.240. The molecule has 1 rings (SSSR count). The second kappa shape index (κ2) is 2.97. The molecule has 0 aromatic carbocycles. The van der Waals surface area contributed by atoms with E-state index in [1.807, 2.05) is 12.3 Å². The average molecular weight is 101 g/mol. The SMILES string of the molecule is C1=CN=CC1.S. The van der Waals surface area contributed by atoms with Gasteiger partial charge in [0.2, 0.25) is 0 Å². The van der Waals surface area contributed by atoms with Crippen molar-refractivity contribution >= 4 is 19.7 Å². The highest BCUT2D eigenvalue weighted by atomic mass is 32.1. The summed E-state index contributed by atoms with van der Waals surface area (Å²) in [6, 6.07) is 0. The molecular weight excluding hydrogens is 94.1 g/mol. The molecule has 0 unspecified atom stereocenters. The molecule has 0 radical (unpaired) electrons. The van der Waals surface area contributed by atoms with Gasteiger partial charge in [0.15, 0.2) is 0 Å². The zero-order valence-corrected chi connectivity index (χ0v) is 4.39. The largest absolute Gasteiger partial charge is 0.269 e. The maximum absolute atomic E-state index is 3.78. The third-order valence-electron chi connectivity index (χ3n) is 0.538. The van der Waals surface area contributed by atoms with Gasteiger partial charge in [-0.05, 0) is 0 Å². The predicted molar refractivity (Wildman–Crippen MR) is 32.6 cm³/mol. The molecule has 0 spiro atoms. The van der Waals surface area contributed by atoms with Gasteiger partial charge < -0.3 is 0 Å². The Kier molecular flexibility index (Phi) is 2.85. The molecule has 0 aliphatic carbocycles. The van der Waals surface area contributed by atoms with E-state index >= 15 is 0 Å². The first-order valence-electron chi connectivity index (χ1n) is 1.67. The van der Waals surface area contributed by atoms with Crippen molar-refractivity contribution in [2.45, 2.75) is 6.42 Å². The van der Waals surface area contributed by atoms with Crippen molar-refractivity contribution in [3.05, 3.63) is 12.3 Å². The van der Waals surface area contributed by atoms with Crippen LogP contribution in [-0.4, -0.2) is 6.21 Å². The van der Waals surface area contributed by atoms with Crippen LogP contribution in [0.1, 0.15) is 6.42 Å². The highest BCUT2D eigenvalue weighted by molar-refractivity contribution is 7.59. The third-order valence-corrected chi connectivity index (χ3v) is 0.538. The lowest BCUT2D eigenvalue weighted by atomic mass is 10.5. The van der Waals surface area contributed by atoms with E-state index in [4.69, 9.17) is 0 Å². The van der Waals surface area contributed by atoms with E-state index in [0.717, 1.165) is 6.42 Å².